The topological polar surface area (TPSA) is 102 Å². The van der Waals surface area contributed by atoms with Crippen LogP contribution < -0.4 is 14.8 Å². The fourth-order valence-corrected chi connectivity index (χ4v) is 5.09. The lowest BCUT2D eigenvalue weighted by atomic mass is 9.97. The number of sulfonamides is 1. The summed E-state index contributed by atoms with van der Waals surface area (Å²) in [5, 5.41) is 2.66. The second-order valence-corrected chi connectivity index (χ2v) is 9.43. The number of piperidine rings is 1. The van der Waals surface area contributed by atoms with Gasteiger partial charge in [-0.3, -0.25) is 9.59 Å². The van der Waals surface area contributed by atoms with Crippen LogP contribution in [0.5, 0.6) is 11.5 Å². The van der Waals surface area contributed by atoms with Crippen molar-refractivity contribution >= 4 is 27.4 Å². The Labute approximate surface area is 190 Å². The standard InChI is InChI=1S/C22H24F2N2O6S/c1-14(27)16-4-3-5-18(12-16)33(29,30)26-10-8-15(9-11-26)21(28)25-17-6-7-19(31-2)20(13-17)32-22(23)24/h3-7,12-13,15,22H,8-11H2,1-2H3,(H,25,28). The Balaban J connectivity index is 1.64. The maximum Gasteiger partial charge on any atom is 0.387 e. The highest BCUT2D eigenvalue weighted by Crippen LogP contribution is 2.32. The van der Waals surface area contributed by atoms with Crippen LogP contribution in [0.25, 0.3) is 0 Å². The van der Waals surface area contributed by atoms with Crippen LogP contribution in [0.2, 0.25) is 0 Å². The summed E-state index contributed by atoms with van der Waals surface area (Å²) in [6.45, 7) is -1.42. The largest absolute Gasteiger partial charge is 0.493 e. The molecule has 8 nitrogen and oxygen atoms in total. The molecule has 1 aliphatic rings. The molecule has 1 N–H and O–H groups in total. The number of hydrogen-bond donors (Lipinski definition) is 1. The Kier molecular flexibility index (Phi) is 7.65. The molecule has 2 aromatic carbocycles. The first-order chi connectivity index (χ1) is 15.6. The normalized spacial score (nSPS) is 15.3. The maximum absolute atomic E-state index is 12.9. The molecule has 1 saturated heterocycles. The van der Waals surface area contributed by atoms with Crippen molar-refractivity contribution in [1.29, 1.82) is 0 Å². The van der Waals surface area contributed by atoms with Gasteiger partial charge < -0.3 is 14.8 Å². The van der Waals surface area contributed by atoms with Crippen LogP contribution in [0.15, 0.2) is 47.4 Å². The van der Waals surface area contributed by atoms with Crippen molar-refractivity contribution in [3.8, 4) is 11.5 Å². The number of carbonyl (C=O) groups excluding carboxylic acids is 2. The lowest BCUT2D eigenvalue weighted by Crippen LogP contribution is -2.41. The maximum atomic E-state index is 12.9. The highest BCUT2D eigenvalue weighted by Gasteiger charge is 2.32. The van der Waals surface area contributed by atoms with Crippen molar-refractivity contribution in [2.24, 2.45) is 5.92 Å². The van der Waals surface area contributed by atoms with E-state index in [0.717, 1.165) is 0 Å². The smallest absolute Gasteiger partial charge is 0.387 e. The average Bonchev–Trinajstić information content (AvgIpc) is 2.79. The summed E-state index contributed by atoms with van der Waals surface area (Å²) in [6.07, 6.45) is 0.571. The van der Waals surface area contributed by atoms with Crippen molar-refractivity contribution in [3.63, 3.8) is 0 Å². The summed E-state index contributed by atoms with van der Waals surface area (Å²) >= 11 is 0. The molecule has 0 unspecified atom stereocenters. The third kappa shape index (κ3) is 5.85. The number of ether oxygens (including phenoxy) is 2. The number of hydrogen-bond acceptors (Lipinski definition) is 6. The van der Waals surface area contributed by atoms with E-state index in [9.17, 15) is 26.8 Å². The van der Waals surface area contributed by atoms with Crippen LogP contribution in [0, 0.1) is 5.92 Å². The number of anilines is 1. The fourth-order valence-electron chi connectivity index (χ4n) is 3.57. The molecule has 0 aromatic heterocycles. The number of halogens is 2. The van der Waals surface area contributed by atoms with Crippen molar-refractivity contribution in [2.75, 3.05) is 25.5 Å². The van der Waals surface area contributed by atoms with E-state index in [0.29, 0.717) is 5.56 Å². The van der Waals surface area contributed by atoms with Gasteiger partial charge in [-0.15, -0.1) is 0 Å². The van der Waals surface area contributed by atoms with Crippen LogP contribution in [0.3, 0.4) is 0 Å². The van der Waals surface area contributed by atoms with Gasteiger partial charge in [0, 0.05) is 36.3 Å². The summed E-state index contributed by atoms with van der Waals surface area (Å²) in [4.78, 5) is 24.3. The molecule has 178 valence electrons. The van der Waals surface area contributed by atoms with Crippen molar-refractivity contribution in [2.45, 2.75) is 31.3 Å². The van der Waals surface area contributed by atoms with E-state index in [1.165, 1.54) is 54.7 Å². The molecule has 0 saturated carbocycles. The third-order valence-electron chi connectivity index (χ3n) is 5.35. The van der Waals surface area contributed by atoms with E-state index in [1.54, 1.807) is 6.07 Å². The Bertz CT molecular complexity index is 1130. The highest BCUT2D eigenvalue weighted by atomic mass is 32.2. The molecule has 2 aromatic rings. The molecule has 33 heavy (non-hydrogen) atoms. The molecular weight excluding hydrogens is 458 g/mol. The number of ketones is 1. The molecule has 3 rings (SSSR count). The van der Waals surface area contributed by atoms with Gasteiger partial charge in [0.05, 0.1) is 12.0 Å². The molecule has 1 amide bonds. The molecule has 1 aliphatic heterocycles. The average molecular weight is 483 g/mol. The zero-order chi connectivity index (χ0) is 24.2. The van der Waals surface area contributed by atoms with E-state index in [-0.39, 0.29) is 59.7 Å². The van der Waals surface area contributed by atoms with Gasteiger partial charge in [0.25, 0.3) is 0 Å². The van der Waals surface area contributed by atoms with Gasteiger partial charge in [0.1, 0.15) is 0 Å². The predicted molar refractivity (Wildman–Crippen MR) is 116 cm³/mol. The van der Waals surface area contributed by atoms with Crippen LogP contribution in [0.1, 0.15) is 30.1 Å². The van der Waals surface area contributed by atoms with Crippen LogP contribution in [-0.4, -0.2) is 51.2 Å². The number of alkyl halides is 2. The summed E-state index contributed by atoms with van der Waals surface area (Å²) in [7, 11) is -2.49. The summed E-state index contributed by atoms with van der Waals surface area (Å²) in [5.41, 5.74) is 0.563. The molecule has 0 aliphatic carbocycles. The number of benzene rings is 2. The SMILES string of the molecule is COc1ccc(NC(=O)C2CCN(S(=O)(=O)c3cccc(C(C)=O)c3)CC2)cc1OC(F)F. The van der Waals surface area contributed by atoms with Gasteiger partial charge in [-0.25, -0.2) is 8.42 Å². The minimum atomic E-state index is -3.80. The molecule has 0 atom stereocenters. The molecule has 0 radical (unpaired) electrons. The molecular formula is C22H24F2N2O6S. The van der Waals surface area contributed by atoms with E-state index in [2.05, 4.69) is 10.1 Å². The van der Waals surface area contributed by atoms with Gasteiger partial charge in [-0.2, -0.15) is 13.1 Å². The minimum Gasteiger partial charge on any atom is -0.493 e. The van der Waals surface area contributed by atoms with E-state index in [4.69, 9.17) is 4.74 Å². The second-order valence-electron chi connectivity index (χ2n) is 7.50. The Morgan fingerprint density at radius 1 is 1.09 bits per heavy atom. The second kappa shape index (κ2) is 10.3. The highest BCUT2D eigenvalue weighted by molar-refractivity contribution is 7.89. The van der Waals surface area contributed by atoms with Crippen LogP contribution in [-0.2, 0) is 14.8 Å². The van der Waals surface area contributed by atoms with Crippen molar-refractivity contribution in [3.05, 3.63) is 48.0 Å². The van der Waals surface area contributed by atoms with Gasteiger partial charge >= 0.3 is 6.61 Å². The molecule has 11 heteroatoms. The Morgan fingerprint density at radius 2 is 1.79 bits per heavy atom. The number of nitrogens with zero attached hydrogens (tertiary/aromatic N) is 1. The summed E-state index contributed by atoms with van der Waals surface area (Å²) < 4.78 is 61.8. The Hall–Kier alpha value is -3.05. The Morgan fingerprint density at radius 3 is 2.39 bits per heavy atom. The monoisotopic (exact) mass is 482 g/mol. The minimum absolute atomic E-state index is 0.0305. The summed E-state index contributed by atoms with van der Waals surface area (Å²) in [5.74, 6) is -1.15. The zero-order valence-electron chi connectivity index (χ0n) is 18.1. The molecule has 1 fully saturated rings. The first-order valence-corrected chi connectivity index (χ1v) is 11.6. The van der Waals surface area contributed by atoms with Gasteiger partial charge in [0.2, 0.25) is 15.9 Å². The lowest BCUT2D eigenvalue weighted by molar-refractivity contribution is -0.120. The quantitative estimate of drug-likeness (QED) is 0.578. The number of methoxy groups -OCH3 is 1. The third-order valence-corrected chi connectivity index (χ3v) is 7.24. The van der Waals surface area contributed by atoms with Gasteiger partial charge in [-0.1, -0.05) is 12.1 Å². The number of Topliss-reactive ketones (excluding diaryl/α,β-unsaturated/α-hetero) is 1. The fraction of sp³-hybridized carbons (Fsp3) is 0.364. The first-order valence-electron chi connectivity index (χ1n) is 10.2. The summed E-state index contributed by atoms with van der Waals surface area (Å²) in [6, 6.07) is 9.99. The van der Waals surface area contributed by atoms with Crippen LogP contribution >= 0.6 is 0 Å². The van der Waals surface area contributed by atoms with Gasteiger partial charge in [0.15, 0.2) is 17.3 Å². The van der Waals surface area contributed by atoms with E-state index >= 15 is 0 Å². The number of amides is 1. The predicted octanol–water partition coefficient (Wildman–Crippen LogP) is 3.54. The number of carbonyl (C=O) groups is 2. The van der Waals surface area contributed by atoms with E-state index in [1.807, 2.05) is 0 Å². The zero-order valence-corrected chi connectivity index (χ0v) is 18.9. The van der Waals surface area contributed by atoms with Crippen LogP contribution in [0.4, 0.5) is 14.5 Å². The number of rotatable bonds is 8. The number of nitrogens with one attached hydrogen (secondary N) is 1. The van der Waals surface area contributed by atoms with E-state index < -0.39 is 22.6 Å². The van der Waals surface area contributed by atoms with Crippen molar-refractivity contribution < 1.29 is 36.3 Å². The molecule has 0 spiro atoms. The van der Waals surface area contributed by atoms with Crippen molar-refractivity contribution in [1.82, 2.24) is 4.31 Å². The van der Waals surface area contributed by atoms with Gasteiger partial charge in [-0.05, 0) is 44.0 Å². The first kappa shape index (κ1) is 24.6. The molecule has 0 bridgehead atoms. The lowest BCUT2D eigenvalue weighted by Gasteiger charge is -2.30. The molecule has 1 heterocycles.